The second kappa shape index (κ2) is 8.76. The Morgan fingerprint density at radius 3 is 2.29 bits per heavy atom. The fourth-order valence-electron chi connectivity index (χ4n) is 7.02. The van der Waals surface area contributed by atoms with Crippen LogP contribution in [0.15, 0.2) is 47.6 Å². The molecule has 5 aliphatic rings. The fraction of sp³-hybridized carbons (Fsp3) is 0.481. The normalized spacial score (nSPS) is 31.5. The minimum Gasteiger partial charge on any atom is -0.497 e. The van der Waals surface area contributed by atoms with Gasteiger partial charge in [-0.3, -0.25) is 9.80 Å². The lowest BCUT2D eigenvalue weighted by Crippen LogP contribution is -2.56. The highest BCUT2D eigenvalue weighted by Gasteiger charge is 2.49. The summed E-state index contributed by atoms with van der Waals surface area (Å²) in [6.07, 6.45) is 7.00. The molecule has 1 aliphatic heterocycles. The first-order valence-electron chi connectivity index (χ1n) is 12.2. The van der Waals surface area contributed by atoms with Crippen LogP contribution >= 0.6 is 23.2 Å². The van der Waals surface area contributed by atoms with Crippen molar-refractivity contribution < 1.29 is 9.53 Å². The third kappa shape index (κ3) is 3.97. The quantitative estimate of drug-likeness (QED) is 0.530. The Bertz CT molecular complexity index is 1110. The van der Waals surface area contributed by atoms with E-state index < -0.39 is 0 Å². The van der Waals surface area contributed by atoms with Crippen LogP contribution in [0.1, 0.15) is 50.1 Å². The maximum atomic E-state index is 13.5. The molecule has 4 fully saturated rings. The van der Waals surface area contributed by atoms with Gasteiger partial charge >= 0.3 is 0 Å². The fourth-order valence-corrected chi connectivity index (χ4v) is 7.51. The number of benzene rings is 2. The molecule has 1 heterocycles. The van der Waals surface area contributed by atoms with Crippen molar-refractivity contribution in [2.75, 3.05) is 12.1 Å². The Balaban J connectivity index is 1.27. The van der Waals surface area contributed by atoms with E-state index in [1.165, 1.54) is 32.1 Å². The molecule has 5 nitrogen and oxygen atoms in total. The number of rotatable bonds is 5. The highest BCUT2D eigenvalue weighted by atomic mass is 35.5. The number of hydrazone groups is 1. The van der Waals surface area contributed by atoms with E-state index in [-0.39, 0.29) is 18.0 Å². The average molecular weight is 498 g/mol. The van der Waals surface area contributed by atoms with E-state index >= 15 is 0 Å². The summed E-state index contributed by atoms with van der Waals surface area (Å²) in [5.74, 6) is 3.76. The van der Waals surface area contributed by atoms with Gasteiger partial charge in [-0.05, 0) is 91.7 Å². The van der Waals surface area contributed by atoms with Crippen molar-refractivity contribution in [1.82, 2.24) is 5.32 Å². The molecule has 1 amide bonds. The van der Waals surface area contributed by atoms with E-state index in [1.807, 2.05) is 35.3 Å². The molecule has 2 aromatic rings. The molecule has 0 aromatic heterocycles. The van der Waals surface area contributed by atoms with Crippen molar-refractivity contribution in [2.45, 2.75) is 50.6 Å². The zero-order chi connectivity index (χ0) is 23.4. The van der Waals surface area contributed by atoms with Crippen molar-refractivity contribution in [1.29, 1.82) is 0 Å². The lowest BCUT2D eigenvalue weighted by atomic mass is 9.54. The summed E-state index contributed by atoms with van der Waals surface area (Å²) in [5.41, 5.74) is 2.35. The molecule has 4 bridgehead atoms. The van der Waals surface area contributed by atoms with Gasteiger partial charge in [-0.25, -0.2) is 0 Å². The Labute approximate surface area is 210 Å². The van der Waals surface area contributed by atoms with Crippen LogP contribution in [-0.2, 0) is 4.79 Å². The zero-order valence-corrected chi connectivity index (χ0v) is 20.7. The number of carbonyl (C=O) groups excluding carboxylic acids is 1. The van der Waals surface area contributed by atoms with Gasteiger partial charge in [0.15, 0.2) is 0 Å². The van der Waals surface area contributed by atoms with E-state index in [0.717, 1.165) is 28.8 Å². The average Bonchev–Trinajstić information content (AvgIpc) is 3.26. The van der Waals surface area contributed by atoms with Gasteiger partial charge < -0.3 is 10.1 Å². The lowest BCUT2D eigenvalue weighted by molar-refractivity contribution is -0.118. The summed E-state index contributed by atoms with van der Waals surface area (Å²) < 4.78 is 5.32. The first kappa shape index (κ1) is 22.2. The van der Waals surface area contributed by atoms with Crippen LogP contribution in [0, 0.1) is 23.7 Å². The molecule has 178 valence electrons. The Morgan fingerprint density at radius 2 is 1.68 bits per heavy atom. The number of hydrogen-bond acceptors (Lipinski definition) is 4. The van der Waals surface area contributed by atoms with Crippen molar-refractivity contribution in [2.24, 2.45) is 28.8 Å². The molecule has 2 aromatic carbocycles. The van der Waals surface area contributed by atoms with Crippen molar-refractivity contribution in [3.05, 3.63) is 58.1 Å². The summed E-state index contributed by atoms with van der Waals surface area (Å²) >= 11 is 12.7. The summed E-state index contributed by atoms with van der Waals surface area (Å²) in [4.78, 5) is 13.5. The molecule has 0 spiro atoms. The third-order valence-electron chi connectivity index (χ3n) is 8.35. The van der Waals surface area contributed by atoms with E-state index in [4.69, 9.17) is 33.0 Å². The number of nitrogens with one attached hydrogen (secondary N) is 1. The van der Waals surface area contributed by atoms with Crippen LogP contribution in [0.3, 0.4) is 0 Å². The van der Waals surface area contributed by atoms with E-state index in [9.17, 15) is 4.79 Å². The van der Waals surface area contributed by atoms with Crippen LogP contribution in [0.4, 0.5) is 5.69 Å². The summed E-state index contributed by atoms with van der Waals surface area (Å²) in [6, 6.07) is 13.4. The number of amides is 1. The number of methoxy groups -OCH3 is 1. The molecule has 1 N–H and O–H groups in total. The zero-order valence-electron chi connectivity index (χ0n) is 19.2. The predicted molar refractivity (Wildman–Crippen MR) is 136 cm³/mol. The number of carbonyl (C=O) groups is 1. The molecule has 4 aliphatic carbocycles. The van der Waals surface area contributed by atoms with Gasteiger partial charge in [0.25, 0.3) is 5.91 Å². The van der Waals surface area contributed by atoms with Gasteiger partial charge in [0.05, 0.1) is 23.9 Å². The maximum Gasteiger partial charge on any atom is 0.267 e. The van der Waals surface area contributed by atoms with Crippen LogP contribution in [0.5, 0.6) is 5.75 Å². The largest absolute Gasteiger partial charge is 0.497 e. The SMILES string of the molecule is COc1ccc(C2CC(C(=O)NC3C4CC5CC(C4)CC3C5)=NN2c2ccc(Cl)cc2Cl)cc1. The second-order valence-electron chi connectivity index (χ2n) is 10.4. The number of ether oxygens (including phenoxy) is 1. The molecule has 0 saturated heterocycles. The van der Waals surface area contributed by atoms with Crippen molar-refractivity contribution >= 4 is 40.5 Å². The van der Waals surface area contributed by atoms with Gasteiger partial charge in [-0.15, -0.1) is 0 Å². The highest BCUT2D eigenvalue weighted by Crippen LogP contribution is 2.53. The molecule has 34 heavy (non-hydrogen) atoms. The second-order valence-corrected chi connectivity index (χ2v) is 11.3. The minimum absolute atomic E-state index is 0.0384. The van der Waals surface area contributed by atoms with Gasteiger partial charge in [0.1, 0.15) is 11.5 Å². The molecule has 7 rings (SSSR count). The van der Waals surface area contributed by atoms with E-state index in [1.54, 1.807) is 19.2 Å². The first-order chi connectivity index (χ1) is 16.5. The van der Waals surface area contributed by atoms with Gasteiger partial charge in [0.2, 0.25) is 0 Å². The standard InChI is InChI=1S/C27H29Cl2N3O2/c1-34-21-5-2-17(3-6-21)25-14-23(31-32(25)24-7-4-20(28)13-22(24)29)27(33)30-26-18-9-15-8-16(11-18)12-19(26)10-15/h2-7,13,15-16,18-19,25-26H,8-12,14H2,1H3,(H,30,33). The number of nitrogens with zero attached hydrogens (tertiary/aromatic N) is 2. The van der Waals surface area contributed by atoms with Crippen LogP contribution < -0.4 is 15.1 Å². The van der Waals surface area contributed by atoms with Gasteiger partial charge in [-0.2, -0.15) is 5.10 Å². The van der Waals surface area contributed by atoms with Crippen molar-refractivity contribution in [3.63, 3.8) is 0 Å². The van der Waals surface area contributed by atoms with Crippen molar-refractivity contribution in [3.8, 4) is 5.75 Å². The number of hydrogen-bond donors (Lipinski definition) is 1. The smallest absolute Gasteiger partial charge is 0.267 e. The number of halogens is 2. The van der Waals surface area contributed by atoms with E-state index in [0.29, 0.717) is 34.0 Å². The molecule has 7 heteroatoms. The van der Waals surface area contributed by atoms with Gasteiger partial charge in [0, 0.05) is 17.5 Å². The highest BCUT2D eigenvalue weighted by molar-refractivity contribution is 6.40. The van der Waals surface area contributed by atoms with Crippen LogP contribution in [-0.4, -0.2) is 24.8 Å². The molecular formula is C27H29Cl2N3O2. The minimum atomic E-state index is -0.135. The number of anilines is 1. The third-order valence-corrected chi connectivity index (χ3v) is 8.89. The maximum absolute atomic E-state index is 13.5. The first-order valence-corrected chi connectivity index (χ1v) is 13.0. The molecule has 1 atom stereocenters. The summed E-state index contributed by atoms with van der Waals surface area (Å²) in [5, 5.41) is 11.2. The molecule has 1 unspecified atom stereocenters. The van der Waals surface area contributed by atoms with Crippen LogP contribution in [0.2, 0.25) is 10.0 Å². The van der Waals surface area contributed by atoms with Crippen LogP contribution in [0.25, 0.3) is 0 Å². The summed E-state index contributed by atoms with van der Waals surface area (Å²) in [7, 11) is 1.65. The van der Waals surface area contributed by atoms with E-state index in [2.05, 4.69) is 5.32 Å². The molecule has 0 radical (unpaired) electrons. The lowest BCUT2D eigenvalue weighted by Gasteiger charge is -2.54. The van der Waals surface area contributed by atoms with Gasteiger partial charge in [-0.1, -0.05) is 35.3 Å². The summed E-state index contributed by atoms with van der Waals surface area (Å²) in [6.45, 7) is 0. The molecule has 4 saturated carbocycles. The Hall–Kier alpha value is -2.24. The monoisotopic (exact) mass is 497 g/mol. The molecular weight excluding hydrogens is 469 g/mol. The Morgan fingerprint density at radius 1 is 1.00 bits per heavy atom. The predicted octanol–water partition coefficient (Wildman–Crippen LogP) is 6.25. The topological polar surface area (TPSA) is 53.9 Å². The Kier molecular flexibility index (Phi) is 5.73.